The highest BCUT2D eigenvalue weighted by molar-refractivity contribution is 5.90. The Kier molecular flexibility index (Phi) is 2.94. The molecular formula is C13H13N5O2. The summed E-state index contributed by atoms with van der Waals surface area (Å²) >= 11 is 0. The van der Waals surface area contributed by atoms with Crippen molar-refractivity contribution in [3.05, 3.63) is 47.7 Å². The Balaban J connectivity index is 1.82. The molecule has 0 spiro atoms. The van der Waals surface area contributed by atoms with Gasteiger partial charge in [0.15, 0.2) is 5.65 Å². The maximum Gasteiger partial charge on any atom is 0.341 e. The van der Waals surface area contributed by atoms with Crippen LogP contribution in [-0.2, 0) is 18.4 Å². The van der Waals surface area contributed by atoms with Gasteiger partial charge in [-0.2, -0.15) is 10.2 Å². The molecule has 102 valence electrons. The van der Waals surface area contributed by atoms with Crippen LogP contribution in [0.1, 0.15) is 21.7 Å². The van der Waals surface area contributed by atoms with E-state index in [1.807, 2.05) is 6.92 Å². The molecule has 0 N–H and O–H groups in total. The summed E-state index contributed by atoms with van der Waals surface area (Å²) in [6, 6.07) is 3.58. The number of carbonyl (C=O) groups is 1. The van der Waals surface area contributed by atoms with Crippen molar-refractivity contribution >= 4 is 11.6 Å². The van der Waals surface area contributed by atoms with Gasteiger partial charge in [0.25, 0.3) is 0 Å². The summed E-state index contributed by atoms with van der Waals surface area (Å²) in [4.78, 5) is 16.3. The van der Waals surface area contributed by atoms with Crippen molar-refractivity contribution in [3.8, 4) is 0 Å². The summed E-state index contributed by atoms with van der Waals surface area (Å²) in [5.41, 5.74) is 2.63. The van der Waals surface area contributed by atoms with Crippen LogP contribution >= 0.6 is 0 Å². The average molecular weight is 271 g/mol. The molecule has 0 aliphatic heterocycles. The predicted octanol–water partition coefficient (Wildman–Crippen LogP) is 1.13. The van der Waals surface area contributed by atoms with Gasteiger partial charge in [-0.25, -0.2) is 14.3 Å². The van der Waals surface area contributed by atoms with Crippen molar-refractivity contribution in [2.75, 3.05) is 0 Å². The maximum atomic E-state index is 12.1. The van der Waals surface area contributed by atoms with Crippen LogP contribution in [0.15, 0.2) is 30.7 Å². The fourth-order valence-corrected chi connectivity index (χ4v) is 1.95. The van der Waals surface area contributed by atoms with Gasteiger partial charge in [-0.1, -0.05) is 0 Å². The monoisotopic (exact) mass is 271 g/mol. The molecule has 7 heteroatoms. The first-order valence-corrected chi connectivity index (χ1v) is 6.10. The molecule has 3 aromatic rings. The first-order valence-electron chi connectivity index (χ1n) is 6.10. The zero-order chi connectivity index (χ0) is 14.1. The topological polar surface area (TPSA) is 74.3 Å². The highest BCUT2D eigenvalue weighted by Crippen LogP contribution is 2.11. The number of aromatic nitrogens is 5. The zero-order valence-corrected chi connectivity index (χ0v) is 11.1. The number of aryl methyl sites for hydroxylation is 2. The molecule has 0 aliphatic carbocycles. The summed E-state index contributed by atoms with van der Waals surface area (Å²) in [6.45, 7) is 1.98. The first-order chi connectivity index (χ1) is 9.66. The van der Waals surface area contributed by atoms with E-state index >= 15 is 0 Å². The van der Waals surface area contributed by atoms with E-state index in [0.29, 0.717) is 16.9 Å². The Morgan fingerprint density at radius 2 is 2.10 bits per heavy atom. The lowest BCUT2D eigenvalue weighted by Gasteiger charge is -2.08. The van der Waals surface area contributed by atoms with E-state index in [1.165, 1.54) is 6.20 Å². The molecule has 0 amide bonds. The van der Waals surface area contributed by atoms with E-state index in [-0.39, 0.29) is 6.61 Å². The number of hydrogen-bond acceptors (Lipinski definition) is 5. The van der Waals surface area contributed by atoms with E-state index in [1.54, 1.807) is 40.8 Å². The molecule has 0 radical (unpaired) electrons. The molecule has 0 aliphatic rings. The van der Waals surface area contributed by atoms with Crippen molar-refractivity contribution in [2.45, 2.75) is 13.5 Å². The average Bonchev–Trinajstić information content (AvgIpc) is 3.05. The highest BCUT2D eigenvalue weighted by Gasteiger charge is 2.15. The fraction of sp³-hybridized carbons (Fsp3) is 0.231. The van der Waals surface area contributed by atoms with Gasteiger partial charge >= 0.3 is 5.97 Å². The molecule has 0 saturated carbocycles. The van der Waals surface area contributed by atoms with Crippen molar-refractivity contribution in [2.24, 2.45) is 7.05 Å². The lowest BCUT2D eigenvalue weighted by Crippen LogP contribution is -2.12. The van der Waals surface area contributed by atoms with Gasteiger partial charge in [0.2, 0.25) is 0 Å². The molecule has 0 unspecified atom stereocenters. The minimum atomic E-state index is -0.423. The van der Waals surface area contributed by atoms with E-state index < -0.39 is 5.97 Å². The van der Waals surface area contributed by atoms with Crippen molar-refractivity contribution < 1.29 is 9.53 Å². The maximum absolute atomic E-state index is 12.1. The van der Waals surface area contributed by atoms with Gasteiger partial charge in [0.05, 0.1) is 23.1 Å². The molecule has 3 heterocycles. The molecule has 3 rings (SSSR count). The summed E-state index contributed by atoms with van der Waals surface area (Å²) in [5.74, 6) is -0.423. The highest BCUT2D eigenvalue weighted by atomic mass is 16.5. The van der Waals surface area contributed by atoms with Crippen molar-refractivity contribution in [3.63, 3.8) is 0 Å². The van der Waals surface area contributed by atoms with Crippen LogP contribution in [0.2, 0.25) is 0 Å². The molecule has 0 aromatic carbocycles. The molecule has 20 heavy (non-hydrogen) atoms. The lowest BCUT2D eigenvalue weighted by molar-refractivity contribution is 0.0461. The quantitative estimate of drug-likeness (QED) is 0.667. The third kappa shape index (κ3) is 2.03. The largest absolute Gasteiger partial charge is 0.456 e. The Bertz CT molecular complexity index is 774. The van der Waals surface area contributed by atoms with Gasteiger partial charge in [0, 0.05) is 25.5 Å². The number of esters is 1. The Morgan fingerprint density at radius 1 is 1.30 bits per heavy atom. The van der Waals surface area contributed by atoms with Crippen LogP contribution in [0, 0.1) is 6.92 Å². The first kappa shape index (κ1) is 12.3. The van der Waals surface area contributed by atoms with E-state index in [4.69, 9.17) is 4.74 Å². The number of ether oxygens (including phenoxy) is 1. The molecule has 0 fully saturated rings. The predicted molar refractivity (Wildman–Crippen MR) is 70.1 cm³/mol. The molecule has 3 aromatic heterocycles. The van der Waals surface area contributed by atoms with Crippen LogP contribution in [0.5, 0.6) is 0 Å². The molecule has 0 saturated heterocycles. The van der Waals surface area contributed by atoms with Gasteiger partial charge in [-0.15, -0.1) is 0 Å². The van der Waals surface area contributed by atoms with Crippen LogP contribution in [-0.4, -0.2) is 30.3 Å². The fourth-order valence-electron chi connectivity index (χ4n) is 1.95. The second-order valence-electron chi connectivity index (χ2n) is 4.38. The van der Waals surface area contributed by atoms with Crippen LogP contribution in [0.25, 0.3) is 5.65 Å². The number of carbonyl (C=O) groups excluding carboxylic acids is 1. The Labute approximate surface area is 114 Å². The van der Waals surface area contributed by atoms with Gasteiger partial charge in [-0.05, 0) is 13.0 Å². The standard InChI is InChI=1S/C13H13N5O2/c1-9-11(7-14-12-4-6-16-18(9)12)13(19)20-8-10-3-5-15-17(10)2/h3-7H,8H2,1-2H3. The Hall–Kier alpha value is -2.70. The van der Waals surface area contributed by atoms with Crippen LogP contribution < -0.4 is 0 Å². The van der Waals surface area contributed by atoms with Crippen molar-refractivity contribution in [1.82, 2.24) is 24.4 Å². The third-order valence-corrected chi connectivity index (χ3v) is 3.15. The van der Waals surface area contributed by atoms with Crippen molar-refractivity contribution in [1.29, 1.82) is 0 Å². The summed E-state index contributed by atoms with van der Waals surface area (Å²) in [7, 11) is 1.80. The Morgan fingerprint density at radius 3 is 2.85 bits per heavy atom. The molecule has 0 atom stereocenters. The minimum Gasteiger partial charge on any atom is -0.456 e. The molecule has 7 nitrogen and oxygen atoms in total. The SMILES string of the molecule is Cc1c(C(=O)OCc2ccnn2C)cnc2ccnn12. The normalized spacial score (nSPS) is 10.9. The summed E-state index contributed by atoms with van der Waals surface area (Å²) in [5, 5.41) is 8.14. The minimum absolute atomic E-state index is 0.173. The van der Waals surface area contributed by atoms with E-state index in [2.05, 4.69) is 15.2 Å². The van der Waals surface area contributed by atoms with Gasteiger partial charge in [-0.3, -0.25) is 4.68 Å². The second kappa shape index (κ2) is 4.76. The molecule has 0 bridgehead atoms. The number of hydrogen-bond donors (Lipinski definition) is 0. The van der Waals surface area contributed by atoms with E-state index in [9.17, 15) is 4.79 Å². The summed E-state index contributed by atoms with van der Waals surface area (Å²) in [6.07, 6.45) is 4.81. The zero-order valence-electron chi connectivity index (χ0n) is 11.1. The summed E-state index contributed by atoms with van der Waals surface area (Å²) < 4.78 is 8.55. The van der Waals surface area contributed by atoms with E-state index in [0.717, 1.165) is 5.69 Å². The number of fused-ring (bicyclic) bond motifs is 1. The smallest absolute Gasteiger partial charge is 0.341 e. The van der Waals surface area contributed by atoms with Crippen LogP contribution in [0.4, 0.5) is 0 Å². The number of rotatable bonds is 3. The van der Waals surface area contributed by atoms with Gasteiger partial charge in [0.1, 0.15) is 6.61 Å². The van der Waals surface area contributed by atoms with Gasteiger partial charge < -0.3 is 4.74 Å². The molecular weight excluding hydrogens is 258 g/mol. The number of nitrogens with zero attached hydrogens (tertiary/aromatic N) is 5. The lowest BCUT2D eigenvalue weighted by atomic mass is 10.2. The van der Waals surface area contributed by atoms with Crippen LogP contribution in [0.3, 0.4) is 0 Å². The third-order valence-electron chi connectivity index (χ3n) is 3.15. The second-order valence-corrected chi connectivity index (χ2v) is 4.38.